The number of aromatic nitrogens is 1. The van der Waals surface area contributed by atoms with Crippen molar-refractivity contribution >= 4 is 22.6 Å². The molecule has 3 heterocycles. The number of hydrogen-bond acceptors (Lipinski definition) is 4. The van der Waals surface area contributed by atoms with Crippen molar-refractivity contribution in [1.82, 2.24) is 9.47 Å². The van der Waals surface area contributed by atoms with Crippen LogP contribution in [0.1, 0.15) is 34.8 Å². The molecule has 0 amide bonds. The SMILES string of the molecule is C#Cc1c(N2CC3CN(C)CC3C2)c(F)cc2c(=O)c(C(=O)O)cn(C3CC3)c12. The molecule has 1 aromatic carbocycles. The third kappa shape index (κ3) is 2.74. The quantitative estimate of drug-likeness (QED) is 0.807. The van der Waals surface area contributed by atoms with E-state index < -0.39 is 17.2 Å². The standard InChI is InChI=1S/C22H22FN3O3/c1-3-15-19-16(21(27)17(22(28)29)11-26(19)14-4-5-14)6-18(23)20(15)25-9-12-7-24(2)8-13(12)10-25/h1,6,11-14H,4-5,7-10H2,2H3,(H,28,29). The zero-order valence-electron chi connectivity index (χ0n) is 16.2. The highest BCUT2D eigenvalue weighted by molar-refractivity contribution is 5.96. The summed E-state index contributed by atoms with van der Waals surface area (Å²) in [4.78, 5) is 28.6. The van der Waals surface area contributed by atoms with Crippen molar-refractivity contribution in [2.24, 2.45) is 11.8 Å². The minimum atomic E-state index is -1.31. The number of terminal acetylenes is 1. The minimum absolute atomic E-state index is 0.0464. The Morgan fingerprint density at radius 3 is 2.45 bits per heavy atom. The van der Waals surface area contributed by atoms with E-state index in [4.69, 9.17) is 6.42 Å². The molecule has 0 radical (unpaired) electrons. The van der Waals surface area contributed by atoms with Crippen LogP contribution < -0.4 is 10.3 Å². The van der Waals surface area contributed by atoms with Crippen LogP contribution in [0.2, 0.25) is 0 Å². The average Bonchev–Trinajstić information content (AvgIpc) is 3.35. The number of halogens is 1. The molecule has 1 aromatic heterocycles. The van der Waals surface area contributed by atoms with E-state index in [2.05, 4.69) is 17.9 Å². The summed E-state index contributed by atoms with van der Waals surface area (Å²) < 4.78 is 17.1. The highest BCUT2D eigenvalue weighted by atomic mass is 19.1. The predicted molar refractivity (Wildman–Crippen MR) is 108 cm³/mol. The molecule has 150 valence electrons. The first-order chi connectivity index (χ1) is 13.9. The van der Waals surface area contributed by atoms with Crippen molar-refractivity contribution in [3.63, 3.8) is 0 Å². The second-order valence-electron chi connectivity index (χ2n) is 8.58. The fourth-order valence-electron chi connectivity index (χ4n) is 5.13. The van der Waals surface area contributed by atoms with Gasteiger partial charge in [-0.1, -0.05) is 5.92 Å². The molecule has 2 aromatic rings. The van der Waals surface area contributed by atoms with Crippen LogP contribution in [0, 0.1) is 30.0 Å². The van der Waals surface area contributed by atoms with Crippen LogP contribution in [0.4, 0.5) is 10.1 Å². The van der Waals surface area contributed by atoms with Crippen LogP contribution in [0.15, 0.2) is 17.1 Å². The number of anilines is 1. The summed E-state index contributed by atoms with van der Waals surface area (Å²) in [6, 6.07) is 1.27. The molecule has 0 bridgehead atoms. The molecule has 3 aliphatic rings. The van der Waals surface area contributed by atoms with Crippen LogP contribution in [0.25, 0.3) is 10.9 Å². The molecule has 2 unspecified atom stereocenters. The largest absolute Gasteiger partial charge is 0.477 e. The number of rotatable bonds is 3. The minimum Gasteiger partial charge on any atom is -0.477 e. The van der Waals surface area contributed by atoms with Gasteiger partial charge in [0, 0.05) is 38.4 Å². The van der Waals surface area contributed by atoms with Gasteiger partial charge in [-0.2, -0.15) is 0 Å². The summed E-state index contributed by atoms with van der Waals surface area (Å²) in [5.41, 5.74) is 0.170. The Morgan fingerprint density at radius 1 is 1.24 bits per heavy atom. The Kier molecular flexibility index (Phi) is 3.97. The molecular formula is C22H22FN3O3. The van der Waals surface area contributed by atoms with E-state index in [9.17, 15) is 14.7 Å². The first-order valence-corrected chi connectivity index (χ1v) is 9.93. The first-order valence-electron chi connectivity index (χ1n) is 9.93. The van der Waals surface area contributed by atoms with Crippen molar-refractivity contribution in [2.75, 3.05) is 38.1 Å². The van der Waals surface area contributed by atoms with Gasteiger partial charge in [0.1, 0.15) is 11.4 Å². The van der Waals surface area contributed by atoms with Crippen molar-refractivity contribution in [3.8, 4) is 12.3 Å². The normalized spacial score (nSPS) is 24.1. The van der Waals surface area contributed by atoms with Gasteiger partial charge in [-0.05, 0) is 37.8 Å². The van der Waals surface area contributed by atoms with Crippen LogP contribution in [-0.2, 0) is 0 Å². The molecule has 29 heavy (non-hydrogen) atoms. The van der Waals surface area contributed by atoms with E-state index in [1.54, 1.807) is 4.57 Å². The van der Waals surface area contributed by atoms with E-state index in [1.165, 1.54) is 12.3 Å². The molecule has 2 aliphatic heterocycles. The second-order valence-corrected chi connectivity index (χ2v) is 8.58. The van der Waals surface area contributed by atoms with E-state index in [0.29, 0.717) is 28.6 Å². The number of carbonyl (C=O) groups is 1. The monoisotopic (exact) mass is 395 g/mol. The third-order valence-electron chi connectivity index (χ3n) is 6.54. The van der Waals surface area contributed by atoms with Crippen LogP contribution >= 0.6 is 0 Å². The molecule has 5 rings (SSSR count). The van der Waals surface area contributed by atoms with E-state index in [-0.39, 0.29) is 17.0 Å². The van der Waals surface area contributed by atoms with Crippen LogP contribution in [0.5, 0.6) is 0 Å². The maximum absolute atomic E-state index is 15.3. The molecule has 1 saturated carbocycles. The van der Waals surface area contributed by atoms with Gasteiger partial charge in [0.25, 0.3) is 0 Å². The lowest BCUT2D eigenvalue weighted by molar-refractivity contribution is 0.0695. The average molecular weight is 395 g/mol. The Hall–Kier alpha value is -2.85. The van der Waals surface area contributed by atoms with Crippen molar-refractivity contribution in [1.29, 1.82) is 0 Å². The second kappa shape index (κ2) is 6.33. The van der Waals surface area contributed by atoms with Crippen LogP contribution in [0.3, 0.4) is 0 Å². The topological polar surface area (TPSA) is 65.8 Å². The first kappa shape index (κ1) is 18.2. The zero-order valence-corrected chi connectivity index (χ0v) is 16.2. The van der Waals surface area contributed by atoms with E-state index >= 15 is 4.39 Å². The molecule has 2 atom stereocenters. The molecule has 6 nitrogen and oxygen atoms in total. The molecular weight excluding hydrogens is 373 g/mol. The van der Waals surface area contributed by atoms with Gasteiger partial charge in [-0.25, -0.2) is 9.18 Å². The third-order valence-corrected chi connectivity index (χ3v) is 6.54. The summed E-state index contributed by atoms with van der Waals surface area (Å²) in [7, 11) is 2.10. The lowest BCUT2D eigenvalue weighted by Crippen LogP contribution is -2.28. The smallest absolute Gasteiger partial charge is 0.341 e. The maximum Gasteiger partial charge on any atom is 0.341 e. The van der Waals surface area contributed by atoms with Gasteiger partial charge < -0.3 is 19.5 Å². The Balaban J connectivity index is 1.73. The highest BCUT2D eigenvalue weighted by Gasteiger charge is 2.40. The van der Waals surface area contributed by atoms with Gasteiger partial charge in [-0.15, -0.1) is 6.42 Å². The zero-order chi connectivity index (χ0) is 20.4. The highest BCUT2D eigenvalue weighted by Crippen LogP contribution is 2.42. The maximum atomic E-state index is 15.3. The summed E-state index contributed by atoms with van der Waals surface area (Å²) in [5.74, 6) is 1.71. The number of carboxylic acids is 1. The molecule has 1 aliphatic carbocycles. The van der Waals surface area contributed by atoms with E-state index in [1.807, 2.05) is 4.90 Å². The van der Waals surface area contributed by atoms with Crippen LogP contribution in [-0.4, -0.2) is 53.8 Å². The van der Waals surface area contributed by atoms with Crippen molar-refractivity contribution in [3.05, 3.63) is 39.4 Å². The summed E-state index contributed by atoms with van der Waals surface area (Å²) >= 11 is 0. The van der Waals surface area contributed by atoms with E-state index in [0.717, 1.165) is 39.0 Å². The Labute approximate surface area is 167 Å². The van der Waals surface area contributed by atoms with Crippen molar-refractivity contribution < 1.29 is 14.3 Å². The molecule has 0 spiro atoms. The van der Waals surface area contributed by atoms with Gasteiger partial charge in [-0.3, -0.25) is 4.79 Å². The molecule has 7 heteroatoms. The fraction of sp³-hybridized carbons (Fsp3) is 0.455. The van der Waals surface area contributed by atoms with Gasteiger partial charge in [0.05, 0.1) is 22.2 Å². The number of benzene rings is 1. The summed E-state index contributed by atoms with van der Waals surface area (Å²) in [6.45, 7) is 3.42. The Bertz CT molecular complexity index is 1130. The fourth-order valence-corrected chi connectivity index (χ4v) is 5.13. The number of pyridine rings is 1. The van der Waals surface area contributed by atoms with Crippen molar-refractivity contribution in [2.45, 2.75) is 18.9 Å². The molecule has 1 N–H and O–H groups in total. The lowest BCUT2D eigenvalue weighted by atomic mass is 10.0. The molecule has 3 fully saturated rings. The number of aromatic carboxylic acids is 1. The summed E-state index contributed by atoms with van der Waals surface area (Å²) in [5, 5.41) is 9.47. The number of fused-ring (bicyclic) bond motifs is 2. The lowest BCUT2D eigenvalue weighted by Gasteiger charge is -2.25. The predicted octanol–water partition coefficient (Wildman–Crippen LogP) is 2.15. The molecule has 2 saturated heterocycles. The Morgan fingerprint density at radius 2 is 1.90 bits per heavy atom. The number of hydrogen-bond donors (Lipinski definition) is 1. The summed E-state index contributed by atoms with van der Waals surface area (Å²) in [6.07, 6.45) is 8.99. The number of likely N-dealkylation sites (tertiary alicyclic amines) is 1. The van der Waals surface area contributed by atoms with Gasteiger partial charge in [0.2, 0.25) is 5.43 Å². The number of nitrogens with zero attached hydrogens (tertiary/aromatic N) is 3. The number of carboxylic acid groups (broad SMARTS) is 1. The van der Waals surface area contributed by atoms with Gasteiger partial charge in [0.15, 0.2) is 0 Å². The van der Waals surface area contributed by atoms with Gasteiger partial charge >= 0.3 is 5.97 Å².